The lowest BCUT2D eigenvalue weighted by molar-refractivity contribution is -0.127. The first-order valence-electron chi connectivity index (χ1n) is 6.05. The second-order valence-electron chi connectivity index (χ2n) is 4.53. The van der Waals surface area contributed by atoms with Crippen LogP contribution in [0.25, 0.3) is 0 Å². The van der Waals surface area contributed by atoms with E-state index >= 15 is 0 Å². The summed E-state index contributed by atoms with van der Waals surface area (Å²) in [5, 5.41) is 0. The molecule has 4 nitrogen and oxygen atoms in total. The summed E-state index contributed by atoms with van der Waals surface area (Å²) < 4.78 is 5.03. The van der Waals surface area contributed by atoms with Crippen molar-refractivity contribution in [2.45, 2.75) is 26.2 Å². The summed E-state index contributed by atoms with van der Waals surface area (Å²) in [6.45, 7) is 2.97. The minimum Gasteiger partial charge on any atom is -0.461 e. The number of carbonyl (C=O) groups excluding carboxylic acids is 2. The van der Waals surface area contributed by atoms with Gasteiger partial charge >= 0.3 is 0 Å². The van der Waals surface area contributed by atoms with Gasteiger partial charge in [0.1, 0.15) is 0 Å². The summed E-state index contributed by atoms with van der Waals surface area (Å²) in [7, 11) is 0. The van der Waals surface area contributed by atoms with E-state index in [1.165, 1.54) is 6.26 Å². The lowest BCUT2D eigenvalue weighted by atomic mass is 10.0. The Labute approximate surface area is 101 Å². The molecule has 4 heteroatoms. The Kier molecular flexibility index (Phi) is 3.61. The fraction of sp³-hybridized carbons (Fsp3) is 0.538. The van der Waals surface area contributed by atoms with Crippen molar-refractivity contribution < 1.29 is 14.0 Å². The van der Waals surface area contributed by atoms with E-state index in [4.69, 9.17) is 4.42 Å². The molecule has 17 heavy (non-hydrogen) atoms. The average Bonchev–Trinajstić information content (AvgIpc) is 2.90. The fourth-order valence-corrected chi connectivity index (χ4v) is 2.30. The number of ketones is 1. The van der Waals surface area contributed by atoms with Crippen LogP contribution in [0.1, 0.15) is 36.7 Å². The molecule has 0 bridgehead atoms. The zero-order valence-electron chi connectivity index (χ0n) is 10.0. The molecule has 1 aromatic rings. The van der Waals surface area contributed by atoms with Crippen molar-refractivity contribution in [3.05, 3.63) is 24.2 Å². The Bertz CT molecular complexity index is 397. The molecule has 0 saturated carbocycles. The van der Waals surface area contributed by atoms with Crippen molar-refractivity contribution in [2.24, 2.45) is 5.92 Å². The van der Waals surface area contributed by atoms with Gasteiger partial charge in [-0.15, -0.1) is 0 Å². The number of hydrogen-bond acceptors (Lipinski definition) is 3. The number of rotatable bonds is 5. The molecular formula is C13H17NO3. The van der Waals surface area contributed by atoms with E-state index in [-0.39, 0.29) is 18.2 Å². The van der Waals surface area contributed by atoms with Crippen LogP contribution < -0.4 is 0 Å². The summed E-state index contributed by atoms with van der Waals surface area (Å²) in [5.41, 5.74) is 0. The highest BCUT2D eigenvalue weighted by atomic mass is 16.3. The number of Topliss-reactive ketones (excluding diaryl/α,β-unsaturated/α-hetero) is 1. The third-order valence-electron chi connectivity index (χ3n) is 3.12. The normalized spacial score (nSPS) is 19.9. The highest BCUT2D eigenvalue weighted by Gasteiger charge is 2.30. The molecule has 0 aliphatic carbocycles. The van der Waals surface area contributed by atoms with Crippen LogP contribution >= 0.6 is 0 Å². The van der Waals surface area contributed by atoms with Gasteiger partial charge in [-0.25, -0.2) is 0 Å². The van der Waals surface area contributed by atoms with Gasteiger partial charge in [0.25, 0.3) is 0 Å². The molecule has 92 valence electrons. The monoisotopic (exact) mass is 235 g/mol. The number of nitrogens with zero attached hydrogens (tertiary/aromatic N) is 1. The van der Waals surface area contributed by atoms with Crippen LogP contribution in [0.15, 0.2) is 22.8 Å². The Morgan fingerprint density at radius 2 is 2.41 bits per heavy atom. The number of amides is 1. The predicted octanol–water partition coefficient (Wildman–Crippen LogP) is 2.11. The number of hydrogen-bond donors (Lipinski definition) is 0. The first-order valence-corrected chi connectivity index (χ1v) is 6.05. The van der Waals surface area contributed by atoms with Crippen LogP contribution in [0.5, 0.6) is 0 Å². The van der Waals surface area contributed by atoms with Crippen molar-refractivity contribution in [3.63, 3.8) is 0 Å². The van der Waals surface area contributed by atoms with E-state index in [0.717, 1.165) is 12.8 Å². The lowest BCUT2D eigenvalue weighted by Gasteiger charge is -2.14. The SMILES string of the molecule is CCCC1CC(=O)N(CC(=O)c2ccco2)C1. The van der Waals surface area contributed by atoms with Gasteiger partial charge < -0.3 is 9.32 Å². The quantitative estimate of drug-likeness (QED) is 0.734. The van der Waals surface area contributed by atoms with Gasteiger partial charge in [-0.2, -0.15) is 0 Å². The minimum atomic E-state index is -0.125. The maximum Gasteiger partial charge on any atom is 0.223 e. The Balaban J connectivity index is 1.91. The molecule has 1 amide bonds. The van der Waals surface area contributed by atoms with Gasteiger partial charge in [0.2, 0.25) is 11.7 Å². The van der Waals surface area contributed by atoms with E-state index < -0.39 is 0 Å². The Hall–Kier alpha value is -1.58. The standard InChI is InChI=1S/C13H17NO3/c1-2-4-10-7-13(16)14(8-10)9-11(15)12-5-3-6-17-12/h3,5-6,10H,2,4,7-9H2,1H3. The third-order valence-corrected chi connectivity index (χ3v) is 3.12. The van der Waals surface area contributed by atoms with Gasteiger partial charge in [-0.1, -0.05) is 13.3 Å². The van der Waals surface area contributed by atoms with Crippen LogP contribution in [0, 0.1) is 5.92 Å². The first kappa shape index (κ1) is 11.9. The largest absolute Gasteiger partial charge is 0.461 e. The maximum atomic E-state index is 11.8. The van der Waals surface area contributed by atoms with E-state index in [0.29, 0.717) is 24.6 Å². The molecule has 1 saturated heterocycles. The van der Waals surface area contributed by atoms with Crippen LogP contribution in [0.3, 0.4) is 0 Å². The fourth-order valence-electron chi connectivity index (χ4n) is 2.30. The second-order valence-corrected chi connectivity index (χ2v) is 4.53. The molecule has 2 heterocycles. The van der Waals surface area contributed by atoms with Crippen molar-refractivity contribution >= 4 is 11.7 Å². The van der Waals surface area contributed by atoms with Gasteiger partial charge in [-0.05, 0) is 24.5 Å². The van der Waals surface area contributed by atoms with E-state index in [9.17, 15) is 9.59 Å². The maximum absolute atomic E-state index is 11.8. The number of furan rings is 1. The highest BCUT2D eigenvalue weighted by molar-refractivity contribution is 5.97. The van der Waals surface area contributed by atoms with E-state index in [1.54, 1.807) is 17.0 Å². The van der Waals surface area contributed by atoms with Crippen LogP contribution in [0.4, 0.5) is 0 Å². The molecule has 1 aromatic heterocycles. The number of likely N-dealkylation sites (tertiary alicyclic amines) is 1. The van der Waals surface area contributed by atoms with Crippen molar-refractivity contribution in [1.29, 1.82) is 0 Å². The molecule has 1 aliphatic heterocycles. The van der Waals surface area contributed by atoms with Crippen LogP contribution in [-0.2, 0) is 4.79 Å². The zero-order chi connectivity index (χ0) is 12.3. The summed E-state index contributed by atoms with van der Waals surface area (Å²) in [4.78, 5) is 25.1. The molecule has 1 fully saturated rings. The predicted molar refractivity (Wildman–Crippen MR) is 62.6 cm³/mol. The Morgan fingerprint density at radius 3 is 3.06 bits per heavy atom. The number of carbonyl (C=O) groups is 2. The summed E-state index contributed by atoms with van der Waals surface area (Å²) in [6, 6.07) is 3.31. The molecule has 0 radical (unpaired) electrons. The lowest BCUT2D eigenvalue weighted by Crippen LogP contribution is -2.31. The van der Waals surface area contributed by atoms with E-state index in [2.05, 4.69) is 6.92 Å². The molecule has 1 unspecified atom stereocenters. The van der Waals surface area contributed by atoms with Crippen molar-refractivity contribution in [2.75, 3.05) is 13.1 Å². The molecule has 0 aromatic carbocycles. The second kappa shape index (κ2) is 5.17. The summed E-state index contributed by atoms with van der Waals surface area (Å²) in [5.74, 6) is 0.706. The highest BCUT2D eigenvalue weighted by Crippen LogP contribution is 2.22. The summed E-state index contributed by atoms with van der Waals surface area (Å²) in [6.07, 6.45) is 4.19. The Morgan fingerprint density at radius 1 is 1.59 bits per heavy atom. The van der Waals surface area contributed by atoms with E-state index in [1.807, 2.05) is 0 Å². The van der Waals surface area contributed by atoms with Gasteiger partial charge in [-0.3, -0.25) is 9.59 Å². The average molecular weight is 235 g/mol. The first-order chi connectivity index (χ1) is 8.20. The van der Waals surface area contributed by atoms with Crippen molar-refractivity contribution in [1.82, 2.24) is 4.90 Å². The van der Waals surface area contributed by atoms with Crippen LogP contribution in [0.2, 0.25) is 0 Å². The molecule has 0 spiro atoms. The van der Waals surface area contributed by atoms with Crippen LogP contribution in [-0.4, -0.2) is 29.7 Å². The third kappa shape index (κ3) is 2.75. The molecule has 2 rings (SSSR count). The van der Waals surface area contributed by atoms with Gasteiger partial charge in [0, 0.05) is 13.0 Å². The molecule has 0 N–H and O–H groups in total. The zero-order valence-corrected chi connectivity index (χ0v) is 10.0. The molecule has 1 atom stereocenters. The molecular weight excluding hydrogens is 218 g/mol. The minimum absolute atomic E-state index is 0.0864. The summed E-state index contributed by atoms with van der Waals surface area (Å²) >= 11 is 0. The molecule has 1 aliphatic rings. The van der Waals surface area contributed by atoms with Gasteiger partial charge in [0.15, 0.2) is 5.76 Å². The smallest absolute Gasteiger partial charge is 0.223 e. The van der Waals surface area contributed by atoms with Gasteiger partial charge in [0.05, 0.1) is 12.8 Å². The van der Waals surface area contributed by atoms with Crippen molar-refractivity contribution in [3.8, 4) is 0 Å². The topological polar surface area (TPSA) is 50.5 Å².